The number of nitrogens with zero attached hydrogens (tertiary/aromatic N) is 4. The number of alkyl halides is 1. The summed E-state index contributed by atoms with van der Waals surface area (Å²) in [7, 11) is 0. The molecule has 0 radical (unpaired) electrons. The lowest BCUT2D eigenvalue weighted by Crippen LogP contribution is -2.56. The number of aromatic hydroxyl groups is 1. The third kappa shape index (κ3) is 3.31. The smallest absolute Gasteiger partial charge is 0.147 e. The number of hydrogen-bond acceptors (Lipinski definition) is 6. The van der Waals surface area contributed by atoms with Crippen molar-refractivity contribution in [2.45, 2.75) is 50.5 Å². The summed E-state index contributed by atoms with van der Waals surface area (Å²) in [6, 6.07) is 5.57. The molecule has 2 aliphatic heterocycles. The van der Waals surface area contributed by atoms with E-state index in [0.29, 0.717) is 29.7 Å². The van der Waals surface area contributed by atoms with Crippen LogP contribution in [0.3, 0.4) is 0 Å². The molecule has 0 aliphatic carbocycles. The summed E-state index contributed by atoms with van der Waals surface area (Å²) in [5.41, 5.74) is 2.94. The second kappa shape index (κ2) is 7.68. The quantitative estimate of drug-likeness (QED) is 0.600. The van der Waals surface area contributed by atoms with Crippen LogP contribution in [0, 0.1) is 0 Å². The summed E-state index contributed by atoms with van der Waals surface area (Å²) < 4.78 is 15.0. The molecule has 3 N–H and O–H groups in total. The molecule has 1 aromatic carbocycles. The lowest BCUT2D eigenvalue weighted by molar-refractivity contribution is 0.173. The predicted molar refractivity (Wildman–Crippen MR) is 113 cm³/mol. The van der Waals surface area contributed by atoms with Gasteiger partial charge in [0.2, 0.25) is 0 Å². The van der Waals surface area contributed by atoms with Crippen LogP contribution in [-0.4, -0.2) is 56.1 Å². The molecular formula is C22H25FN6O. The molecule has 2 bridgehead atoms. The number of fused-ring (bicyclic) bond motifs is 2. The Morgan fingerprint density at radius 2 is 2.07 bits per heavy atom. The SMILES string of the molecule is CCN(c1cnc(-c2ccc(-c3cn[nH]c3)cc2O)cn1)[C@H]1C[C@@H]2CC[C@@H](N2)[C@H]1F. The Labute approximate surface area is 174 Å². The van der Waals surface area contributed by atoms with E-state index in [1.165, 1.54) is 0 Å². The minimum Gasteiger partial charge on any atom is -0.507 e. The molecule has 0 spiro atoms. The fourth-order valence-corrected chi connectivity index (χ4v) is 4.79. The monoisotopic (exact) mass is 408 g/mol. The number of rotatable bonds is 5. The fraction of sp³-hybridized carbons (Fsp3) is 0.409. The highest BCUT2D eigenvalue weighted by atomic mass is 19.1. The minimum atomic E-state index is -0.912. The first kappa shape index (κ1) is 19.0. The van der Waals surface area contributed by atoms with Gasteiger partial charge in [-0.15, -0.1) is 0 Å². The van der Waals surface area contributed by atoms with Crippen LogP contribution in [0.4, 0.5) is 10.2 Å². The molecule has 2 aromatic heterocycles. The van der Waals surface area contributed by atoms with Gasteiger partial charge in [0.15, 0.2) is 0 Å². The second-order valence-corrected chi connectivity index (χ2v) is 8.06. The van der Waals surface area contributed by atoms with E-state index in [1.54, 1.807) is 30.9 Å². The minimum absolute atomic E-state index is 0.0549. The predicted octanol–water partition coefficient (Wildman–Crippen LogP) is 3.30. The van der Waals surface area contributed by atoms with Gasteiger partial charge in [-0.3, -0.25) is 10.1 Å². The molecule has 7 nitrogen and oxygen atoms in total. The summed E-state index contributed by atoms with van der Waals surface area (Å²) in [5.74, 6) is 0.798. The molecule has 5 rings (SSSR count). The molecule has 3 aromatic rings. The summed E-state index contributed by atoms with van der Waals surface area (Å²) >= 11 is 0. The first-order chi connectivity index (χ1) is 14.6. The van der Waals surface area contributed by atoms with Crippen molar-refractivity contribution in [3.8, 4) is 28.1 Å². The van der Waals surface area contributed by atoms with Crippen molar-refractivity contribution in [1.82, 2.24) is 25.5 Å². The number of benzene rings is 1. The molecule has 0 unspecified atom stereocenters. The molecule has 2 saturated heterocycles. The number of hydrogen-bond donors (Lipinski definition) is 3. The lowest BCUT2D eigenvalue weighted by Gasteiger charge is -2.40. The highest BCUT2D eigenvalue weighted by molar-refractivity contribution is 5.73. The molecule has 0 amide bonds. The normalized spacial score (nSPS) is 25.4. The van der Waals surface area contributed by atoms with Gasteiger partial charge in [0.1, 0.15) is 17.7 Å². The first-order valence-electron chi connectivity index (χ1n) is 10.5. The van der Waals surface area contributed by atoms with Crippen molar-refractivity contribution in [1.29, 1.82) is 0 Å². The third-order valence-corrected chi connectivity index (χ3v) is 6.33. The van der Waals surface area contributed by atoms with Gasteiger partial charge in [-0.05, 0) is 43.9 Å². The Bertz CT molecular complexity index is 1010. The van der Waals surface area contributed by atoms with Crippen molar-refractivity contribution in [2.75, 3.05) is 11.4 Å². The maximum atomic E-state index is 15.0. The molecular weight excluding hydrogens is 383 g/mol. The van der Waals surface area contributed by atoms with E-state index in [0.717, 1.165) is 30.4 Å². The van der Waals surface area contributed by atoms with E-state index in [1.807, 2.05) is 24.0 Å². The van der Waals surface area contributed by atoms with E-state index < -0.39 is 6.17 Å². The van der Waals surface area contributed by atoms with Crippen molar-refractivity contribution in [3.05, 3.63) is 43.0 Å². The number of phenolic OH excluding ortho intramolecular Hbond substituents is 1. The number of halogens is 1. The van der Waals surface area contributed by atoms with Crippen LogP contribution < -0.4 is 10.2 Å². The van der Waals surface area contributed by atoms with Crippen LogP contribution in [0.25, 0.3) is 22.4 Å². The van der Waals surface area contributed by atoms with Crippen LogP contribution in [-0.2, 0) is 0 Å². The number of aromatic amines is 1. The summed E-state index contributed by atoms with van der Waals surface area (Å²) in [4.78, 5) is 11.1. The van der Waals surface area contributed by atoms with Gasteiger partial charge in [0.05, 0.1) is 30.3 Å². The van der Waals surface area contributed by atoms with E-state index in [4.69, 9.17) is 0 Å². The van der Waals surface area contributed by atoms with Gasteiger partial charge < -0.3 is 15.3 Å². The number of nitrogens with one attached hydrogen (secondary N) is 2. The van der Waals surface area contributed by atoms with Crippen molar-refractivity contribution in [2.24, 2.45) is 0 Å². The summed E-state index contributed by atoms with van der Waals surface area (Å²) in [5, 5.41) is 20.6. The van der Waals surface area contributed by atoms with Gasteiger partial charge in [0, 0.05) is 36.0 Å². The zero-order chi connectivity index (χ0) is 20.7. The number of aromatic nitrogens is 4. The molecule has 2 fully saturated rings. The van der Waals surface area contributed by atoms with E-state index in [-0.39, 0.29) is 17.8 Å². The molecule has 156 valence electrons. The van der Waals surface area contributed by atoms with Crippen molar-refractivity contribution < 1.29 is 9.50 Å². The largest absolute Gasteiger partial charge is 0.507 e. The van der Waals surface area contributed by atoms with Gasteiger partial charge in [-0.1, -0.05) is 6.07 Å². The molecule has 4 heterocycles. The first-order valence-corrected chi connectivity index (χ1v) is 10.5. The van der Waals surface area contributed by atoms with Crippen LogP contribution in [0.5, 0.6) is 5.75 Å². The molecule has 0 saturated carbocycles. The number of anilines is 1. The molecule has 30 heavy (non-hydrogen) atoms. The average Bonchev–Trinajstić information content (AvgIpc) is 3.44. The van der Waals surface area contributed by atoms with E-state index in [2.05, 4.69) is 25.5 Å². The number of piperidine rings is 1. The Morgan fingerprint density at radius 3 is 2.77 bits per heavy atom. The summed E-state index contributed by atoms with van der Waals surface area (Å²) in [6.07, 6.45) is 8.61. The highest BCUT2D eigenvalue weighted by Gasteiger charge is 2.44. The Kier molecular flexibility index (Phi) is 4.86. The van der Waals surface area contributed by atoms with Crippen LogP contribution in [0.2, 0.25) is 0 Å². The van der Waals surface area contributed by atoms with Gasteiger partial charge >= 0.3 is 0 Å². The number of H-pyrrole nitrogens is 1. The van der Waals surface area contributed by atoms with E-state index >= 15 is 4.39 Å². The Hall–Kier alpha value is -3.00. The highest BCUT2D eigenvalue weighted by Crippen LogP contribution is 2.35. The second-order valence-electron chi connectivity index (χ2n) is 8.06. The van der Waals surface area contributed by atoms with Gasteiger partial charge in [-0.2, -0.15) is 5.10 Å². The van der Waals surface area contributed by atoms with Crippen LogP contribution >= 0.6 is 0 Å². The zero-order valence-corrected chi connectivity index (χ0v) is 16.8. The van der Waals surface area contributed by atoms with Gasteiger partial charge in [-0.25, -0.2) is 9.37 Å². The fourth-order valence-electron chi connectivity index (χ4n) is 4.79. The maximum absolute atomic E-state index is 15.0. The standard InChI is InChI=1S/C22H25FN6O/c1-2-29(19-8-15-4-6-17(28-15)22(19)23)21-12-24-18(11-25-21)16-5-3-13(7-20(16)30)14-9-26-27-10-14/h3,5,7,9-12,15,17,19,22,28,30H,2,4,6,8H2,1H3,(H,26,27)/t15-,17+,19-,22+/m0/s1. The van der Waals surface area contributed by atoms with Gasteiger partial charge in [0.25, 0.3) is 0 Å². The lowest BCUT2D eigenvalue weighted by atomic mass is 9.96. The zero-order valence-electron chi connectivity index (χ0n) is 16.8. The molecule has 8 heteroatoms. The Balaban J connectivity index is 1.38. The molecule has 4 atom stereocenters. The topological polar surface area (TPSA) is 90.0 Å². The van der Waals surface area contributed by atoms with Crippen molar-refractivity contribution >= 4 is 5.82 Å². The van der Waals surface area contributed by atoms with Crippen LogP contribution in [0.15, 0.2) is 43.0 Å². The molecule has 2 aliphatic rings. The maximum Gasteiger partial charge on any atom is 0.147 e. The number of phenols is 1. The van der Waals surface area contributed by atoms with E-state index in [9.17, 15) is 5.11 Å². The van der Waals surface area contributed by atoms with Crippen LogP contribution in [0.1, 0.15) is 26.2 Å². The Morgan fingerprint density at radius 1 is 1.17 bits per heavy atom. The third-order valence-electron chi connectivity index (χ3n) is 6.33. The summed E-state index contributed by atoms with van der Waals surface area (Å²) in [6.45, 7) is 2.69. The average molecular weight is 408 g/mol. The van der Waals surface area contributed by atoms with Crippen molar-refractivity contribution in [3.63, 3.8) is 0 Å².